The van der Waals surface area contributed by atoms with Crippen molar-refractivity contribution in [2.24, 2.45) is 5.92 Å². The first kappa shape index (κ1) is 12.3. The Morgan fingerprint density at radius 2 is 2.12 bits per heavy atom. The van der Waals surface area contributed by atoms with Crippen LogP contribution in [-0.4, -0.2) is 56.6 Å². The van der Waals surface area contributed by atoms with Crippen LogP contribution in [0.25, 0.3) is 0 Å². The van der Waals surface area contributed by atoms with Crippen molar-refractivity contribution in [3.8, 4) is 0 Å². The summed E-state index contributed by atoms with van der Waals surface area (Å²) in [6, 6.07) is 0. The van der Waals surface area contributed by atoms with Crippen LogP contribution in [0.2, 0.25) is 0 Å². The van der Waals surface area contributed by atoms with Crippen molar-refractivity contribution in [1.29, 1.82) is 0 Å². The van der Waals surface area contributed by atoms with Gasteiger partial charge < -0.3 is 9.47 Å². The number of hydrogen-bond acceptors (Lipinski definition) is 4. The predicted molar refractivity (Wildman–Crippen MR) is 63.4 cm³/mol. The summed E-state index contributed by atoms with van der Waals surface area (Å²) in [6.45, 7) is 11.3. The highest BCUT2D eigenvalue weighted by atomic mass is 16.5. The van der Waals surface area contributed by atoms with Gasteiger partial charge in [-0.25, -0.2) is 0 Å². The molecule has 2 fully saturated rings. The third-order valence-corrected chi connectivity index (χ3v) is 3.52. The highest BCUT2D eigenvalue weighted by Gasteiger charge is 2.30. The fraction of sp³-hybridized carbons (Fsp3) is 1.00. The maximum Gasteiger partial charge on any atom is 0.117 e. The van der Waals surface area contributed by atoms with E-state index in [-0.39, 0.29) is 5.72 Å². The third kappa shape index (κ3) is 3.42. The number of nitrogens with zero attached hydrogens (tertiary/aromatic N) is 1. The second kappa shape index (κ2) is 5.45. The van der Waals surface area contributed by atoms with E-state index in [1.807, 2.05) is 0 Å². The van der Waals surface area contributed by atoms with Gasteiger partial charge in [-0.15, -0.1) is 0 Å². The Kier molecular flexibility index (Phi) is 4.19. The molecular formula is C12H24N2O2. The third-order valence-electron chi connectivity index (χ3n) is 3.52. The summed E-state index contributed by atoms with van der Waals surface area (Å²) >= 11 is 0. The molecule has 1 N–H and O–H groups in total. The number of rotatable bonds is 3. The van der Waals surface area contributed by atoms with E-state index >= 15 is 0 Å². The summed E-state index contributed by atoms with van der Waals surface area (Å²) in [6.07, 6.45) is 1.06. The second-order valence-corrected chi connectivity index (χ2v) is 5.23. The molecule has 0 aromatic heterocycles. The molecule has 4 heteroatoms. The van der Waals surface area contributed by atoms with Gasteiger partial charge in [0.15, 0.2) is 0 Å². The second-order valence-electron chi connectivity index (χ2n) is 5.23. The van der Waals surface area contributed by atoms with E-state index in [0.717, 1.165) is 52.4 Å². The van der Waals surface area contributed by atoms with Crippen molar-refractivity contribution in [1.82, 2.24) is 10.2 Å². The van der Waals surface area contributed by atoms with Crippen LogP contribution in [0.1, 0.15) is 20.3 Å². The van der Waals surface area contributed by atoms with Crippen molar-refractivity contribution in [3.05, 3.63) is 0 Å². The van der Waals surface area contributed by atoms with E-state index in [1.165, 1.54) is 0 Å². The van der Waals surface area contributed by atoms with Crippen LogP contribution in [-0.2, 0) is 9.47 Å². The SMILES string of the molecule is CC1CNC(C)(CCN2CCOCC2)OC1. The maximum atomic E-state index is 5.90. The molecular weight excluding hydrogens is 204 g/mol. The number of morpholine rings is 1. The molecule has 0 saturated carbocycles. The van der Waals surface area contributed by atoms with Gasteiger partial charge in [-0.3, -0.25) is 10.2 Å². The van der Waals surface area contributed by atoms with Gasteiger partial charge in [0.1, 0.15) is 5.72 Å². The van der Waals surface area contributed by atoms with E-state index < -0.39 is 0 Å². The first-order chi connectivity index (χ1) is 7.68. The van der Waals surface area contributed by atoms with Crippen molar-refractivity contribution in [3.63, 3.8) is 0 Å². The highest BCUT2D eigenvalue weighted by Crippen LogP contribution is 2.19. The molecule has 2 unspecified atom stereocenters. The Morgan fingerprint density at radius 3 is 2.75 bits per heavy atom. The molecule has 2 saturated heterocycles. The Balaban J connectivity index is 1.71. The molecule has 2 aliphatic heterocycles. The first-order valence-corrected chi connectivity index (χ1v) is 6.37. The average Bonchev–Trinajstić information content (AvgIpc) is 2.33. The lowest BCUT2D eigenvalue weighted by molar-refractivity contribution is -0.110. The topological polar surface area (TPSA) is 33.7 Å². The van der Waals surface area contributed by atoms with Gasteiger partial charge in [0.2, 0.25) is 0 Å². The van der Waals surface area contributed by atoms with Gasteiger partial charge in [-0.05, 0) is 12.8 Å². The Hall–Kier alpha value is -0.160. The van der Waals surface area contributed by atoms with E-state index in [2.05, 4.69) is 24.1 Å². The molecule has 2 aliphatic rings. The highest BCUT2D eigenvalue weighted by molar-refractivity contribution is 4.80. The lowest BCUT2D eigenvalue weighted by Crippen LogP contribution is -2.54. The summed E-state index contributed by atoms with van der Waals surface area (Å²) in [5, 5.41) is 3.50. The molecule has 0 bridgehead atoms. The lowest BCUT2D eigenvalue weighted by Gasteiger charge is -2.39. The molecule has 2 heterocycles. The van der Waals surface area contributed by atoms with Gasteiger partial charge in [0.05, 0.1) is 19.8 Å². The fourth-order valence-electron chi connectivity index (χ4n) is 2.18. The van der Waals surface area contributed by atoms with Crippen LogP contribution >= 0.6 is 0 Å². The van der Waals surface area contributed by atoms with Gasteiger partial charge in [0.25, 0.3) is 0 Å². The first-order valence-electron chi connectivity index (χ1n) is 6.37. The van der Waals surface area contributed by atoms with Crippen molar-refractivity contribution >= 4 is 0 Å². The van der Waals surface area contributed by atoms with Crippen molar-refractivity contribution in [2.45, 2.75) is 26.0 Å². The summed E-state index contributed by atoms with van der Waals surface area (Å²) in [7, 11) is 0. The summed E-state index contributed by atoms with van der Waals surface area (Å²) in [5.41, 5.74) is -0.120. The summed E-state index contributed by atoms with van der Waals surface area (Å²) in [4.78, 5) is 2.46. The summed E-state index contributed by atoms with van der Waals surface area (Å²) < 4.78 is 11.2. The molecule has 0 radical (unpaired) electrons. The Labute approximate surface area is 98.3 Å². The van der Waals surface area contributed by atoms with E-state index in [1.54, 1.807) is 0 Å². The maximum absolute atomic E-state index is 5.90. The monoisotopic (exact) mass is 228 g/mol. The van der Waals surface area contributed by atoms with E-state index in [9.17, 15) is 0 Å². The molecule has 0 spiro atoms. The van der Waals surface area contributed by atoms with Crippen LogP contribution in [0.4, 0.5) is 0 Å². The molecule has 16 heavy (non-hydrogen) atoms. The van der Waals surface area contributed by atoms with Gasteiger partial charge in [0, 0.05) is 32.6 Å². The molecule has 0 amide bonds. The Bertz CT molecular complexity index is 209. The normalized spacial score (nSPS) is 37.5. The van der Waals surface area contributed by atoms with Gasteiger partial charge >= 0.3 is 0 Å². The molecule has 94 valence electrons. The molecule has 2 atom stereocenters. The van der Waals surface area contributed by atoms with Crippen LogP contribution in [0.5, 0.6) is 0 Å². The van der Waals surface area contributed by atoms with Crippen molar-refractivity contribution < 1.29 is 9.47 Å². The molecule has 0 aliphatic carbocycles. The standard InChI is InChI=1S/C12H24N2O2/c1-11-9-13-12(2,16-10-11)3-4-14-5-7-15-8-6-14/h11,13H,3-10H2,1-2H3. The van der Waals surface area contributed by atoms with Gasteiger partial charge in [-0.1, -0.05) is 6.92 Å². The zero-order valence-corrected chi connectivity index (χ0v) is 10.5. The van der Waals surface area contributed by atoms with Crippen LogP contribution in [0.3, 0.4) is 0 Å². The largest absolute Gasteiger partial charge is 0.379 e. The zero-order valence-electron chi connectivity index (χ0n) is 10.5. The van der Waals surface area contributed by atoms with Crippen LogP contribution in [0.15, 0.2) is 0 Å². The van der Waals surface area contributed by atoms with Crippen molar-refractivity contribution in [2.75, 3.05) is 46.0 Å². The number of nitrogens with one attached hydrogen (secondary N) is 1. The Morgan fingerprint density at radius 1 is 1.38 bits per heavy atom. The van der Waals surface area contributed by atoms with Gasteiger partial charge in [-0.2, -0.15) is 0 Å². The summed E-state index contributed by atoms with van der Waals surface area (Å²) in [5.74, 6) is 0.636. The number of ether oxygens (including phenoxy) is 2. The molecule has 0 aromatic carbocycles. The minimum absolute atomic E-state index is 0.120. The molecule has 2 rings (SSSR count). The van der Waals surface area contributed by atoms with E-state index in [0.29, 0.717) is 5.92 Å². The molecule has 4 nitrogen and oxygen atoms in total. The quantitative estimate of drug-likeness (QED) is 0.770. The molecule has 0 aromatic rings. The average molecular weight is 228 g/mol. The predicted octanol–water partition coefficient (Wildman–Crippen LogP) is 0.681. The van der Waals surface area contributed by atoms with E-state index in [4.69, 9.17) is 9.47 Å². The lowest BCUT2D eigenvalue weighted by atomic mass is 10.1. The minimum Gasteiger partial charge on any atom is -0.379 e. The van der Waals surface area contributed by atoms with Crippen LogP contribution < -0.4 is 5.32 Å². The zero-order chi connectivity index (χ0) is 11.4. The number of hydrogen-bond donors (Lipinski definition) is 1. The fourth-order valence-corrected chi connectivity index (χ4v) is 2.18. The smallest absolute Gasteiger partial charge is 0.117 e. The van der Waals surface area contributed by atoms with Crippen LogP contribution in [0, 0.1) is 5.92 Å². The minimum atomic E-state index is -0.120.